The van der Waals surface area contributed by atoms with Crippen molar-refractivity contribution in [3.8, 4) is 0 Å². The number of Topliss-reactive ketones (excluding diaryl/α,β-unsaturated/α-hetero) is 1. The van der Waals surface area contributed by atoms with Crippen LogP contribution in [0.2, 0.25) is 0 Å². The zero-order valence-corrected chi connectivity index (χ0v) is 10.6. The van der Waals surface area contributed by atoms with Gasteiger partial charge < -0.3 is 4.74 Å². The van der Waals surface area contributed by atoms with E-state index in [0.29, 0.717) is 12.2 Å². The van der Waals surface area contributed by atoms with Crippen LogP contribution >= 0.6 is 0 Å². The molecule has 0 aliphatic rings. The fraction of sp³-hybridized carbons (Fsp3) is 0.500. The van der Waals surface area contributed by atoms with Crippen molar-refractivity contribution in [1.29, 1.82) is 0 Å². The van der Waals surface area contributed by atoms with Gasteiger partial charge in [0.25, 0.3) is 0 Å². The van der Waals surface area contributed by atoms with E-state index in [1.165, 1.54) is 6.07 Å². The lowest BCUT2D eigenvalue weighted by molar-refractivity contribution is -0.132. The molecule has 17 heavy (non-hydrogen) atoms. The van der Waals surface area contributed by atoms with E-state index in [4.69, 9.17) is 4.74 Å². The molecule has 0 fully saturated rings. The van der Waals surface area contributed by atoms with Crippen molar-refractivity contribution in [2.45, 2.75) is 33.3 Å². The molecule has 0 N–H and O–H groups in total. The lowest BCUT2D eigenvalue weighted by Crippen LogP contribution is -2.31. The summed E-state index contributed by atoms with van der Waals surface area (Å²) in [4.78, 5) is 12.0. The van der Waals surface area contributed by atoms with Gasteiger partial charge in [0, 0.05) is 13.0 Å². The van der Waals surface area contributed by atoms with Crippen LogP contribution in [0.25, 0.3) is 0 Å². The monoisotopic (exact) mass is 238 g/mol. The maximum Gasteiger partial charge on any atom is 0.166 e. The Morgan fingerprint density at radius 3 is 2.53 bits per heavy atom. The fourth-order valence-corrected chi connectivity index (χ4v) is 1.77. The van der Waals surface area contributed by atoms with E-state index in [2.05, 4.69) is 0 Å². The summed E-state index contributed by atoms with van der Waals surface area (Å²) in [6, 6.07) is 6.35. The normalized spacial score (nSPS) is 12.8. The molecular formula is C14H19FO2. The summed E-state index contributed by atoms with van der Waals surface area (Å²) in [5.41, 5.74) is 0.433. The molecule has 0 radical (unpaired) electrons. The van der Waals surface area contributed by atoms with Gasteiger partial charge in [0.1, 0.15) is 11.9 Å². The van der Waals surface area contributed by atoms with Gasteiger partial charge in [-0.05, 0) is 24.5 Å². The number of hydrogen-bond donors (Lipinski definition) is 0. The molecule has 0 spiro atoms. The largest absolute Gasteiger partial charge is 0.370 e. The van der Waals surface area contributed by atoms with Crippen molar-refractivity contribution in [3.63, 3.8) is 0 Å². The average Bonchev–Trinajstić information content (AvgIpc) is 2.28. The number of ether oxygens (including phenoxy) is 1. The van der Waals surface area contributed by atoms with Crippen molar-refractivity contribution in [1.82, 2.24) is 0 Å². The van der Waals surface area contributed by atoms with Crippen molar-refractivity contribution < 1.29 is 13.9 Å². The van der Waals surface area contributed by atoms with Gasteiger partial charge in [-0.1, -0.05) is 32.0 Å². The lowest BCUT2D eigenvalue weighted by Gasteiger charge is -2.19. The molecule has 2 nitrogen and oxygen atoms in total. The SMILES string of the molecule is CCOC(C(=O)Cc1ccccc1F)C(C)C. The van der Waals surface area contributed by atoms with Crippen LogP contribution in [0.15, 0.2) is 24.3 Å². The maximum atomic E-state index is 13.4. The Balaban J connectivity index is 2.73. The van der Waals surface area contributed by atoms with Gasteiger partial charge in [0.15, 0.2) is 5.78 Å². The Kier molecular flexibility index (Phi) is 5.29. The third kappa shape index (κ3) is 3.93. The van der Waals surface area contributed by atoms with Crippen molar-refractivity contribution in [2.24, 2.45) is 5.92 Å². The first kappa shape index (κ1) is 13.8. The van der Waals surface area contributed by atoms with Crippen LogP contribution < -0.4 is 0 Å². The van der Waals surface area contributed by atoms with Gasteiger partial charge >= 0.3 is 0 Å². The molecule has 0 saturated carbocycles. The smallest absolute Gasteiger partial charge is 0.166 e. The summed E-state index contributed by atoms with van der Waals surface area (Å²) < 4.78 is 18.8. The predicted octanol–water partition coefficient (Wildman–Crippen LogP) is 3.00. The molecule has 1 aromatic carbocycles. The molecule has 3 heteroatoms. The Labute approximate surface area is 102 Å². The lowest BCUT2D eigenvalue weighted by atomic mass is 9.97. The standard InChI is InChI=1S/C14H19FO2/c1-4-17-14(10(2)3)13(16)9-11-7-5-6-8-12(11)15/h5-8,10,14H,4,9H2,1-3H3. The Morgan fingerprint density at radius 1 is 1.35 bits per heavy atom. The van der Waals surface area contributed by atoms with E-state index in [0.717, 1.165) is 0 Å². The number of carbonyl (C=O) groups excluding carboxylic acids is 1. The van der Waals surface area contributed by atoms with Crippen LogP contribution in [0.5, 0.6) is 0 Å². The second kappa shape index (κ2) is 6.50. The topological polar surface area (TPSA) is 26.3 Å². The fourth-order valence-electron chi connectivity index (χ4n) is 1.77. The number of halogens is 1. The second-order valence-electron chi connectivity index (χ2n) is 4.35. The summed E-state index contributed by atoms with van der Waals surface area (Å²) in [6.45, 7) is 6.21. The van der Waals surface area contributed by atoms with Crippen molar-refractivity contribution >= 4 is 5.78 Å². The maximum absolute atomic E-state index is 13.4. The molecular weight excluding hydrogens is 219 g/mol. The van der Waals surface area contributed by atoms with Gasteiger partial charge in [-0.2, -0.15) is 0 Å². The molecule has 0 aliphatic carbocycles. The van der Waals surface area contributed by atoms with E-state index < -0.39 is 6.10 Å². The second-order valence-corrected chi connectivity index (χ2v) is 4.35. The molecule has 94 valence electrons. The van der Waals surface area contributed by atoms with Gasteiger partial charge in [0.2, 0.25) is 0 Å². The minimum atomic E-state index is -0.445. The van der Waals surface area contributed by atoms with E-state index in [-0.39, 0.29) is 23.9 Å². The zero-order chi connectivity index (χ0) is 12.8. The first-order valence-electron chi connectivity index (χ1n) is 5.94. The van der Waals surface area contributed by atoms with E-state index in [1.807, 2.05) is 20.8 Å². The van der Waals surface area contributed by atoms with Crippen LogP contribution in [0, 0.1) is 11.7 Å². The first-order valence-corrected chi connectivity index (χ1v) is 5.94. The van der Waals surface area contributed by atoms with E-state index in [1.54, 1.807) is 18.2 Å². The Hall–Kier alpha value is -1.22. The van der Waals surface area contributed by atoms with E-state index >= 15 is 0 Å². The highest BCUT2D eigenvalue weighted by atomic mass is 19.1. The minimum Gasteiger partial charge on any atom is -0.370 e. The summed E-state index contributed by atoms with van der Waals surface area (Å²) >= 11 is 0. The van der Waals surface area contributed by atoms with Gasteiger partial charge in [-0.3, -0.25) is 4.79 Å². The number of hydrogen-bond acceptors (Lipinski definition) is 2. The van der Waals surface area contributed by atoms with Crippen molar-refractivity contribution in [3.05, 3.63) is 35.6 Å². The van der Waals surface area contributed by atoms with Crippen molar-refractivity contribution in [2.75, 3.05) is 6.61 Å². The summed E-state index contributed by atoms with van der Waals surface area (Å²) in [5.74, 6) is -0.291. The molecule has 0 aliphatic heterocycles. The number of rotatable bonds is 6. The van der Waals surface area contributed by atoms with Gasteiger partial charge in [-0.15, -0.1) is 0 Å². The summed E-state index contributed by atoms with van der Waals surface area (Å²) in [5, 5.41) is 0. The van der Waals surface area contributed by atoms with Gasteiger partial charge in [0.05, 0.1) is 0 Å². The van der Waals surface area contributed by atoms with E-state index in [9.17, 15) is 9.18 Å². The summed E-state index contributed by atoms with van der Waals surface area (Å²) in [7, 11) is 0. The quantitative estimate of drug-likeness (QED) is 0.761. The number of benzene rings is 1. The molecule has 0 saturated heterocycles. The molecule has 1 rings (SSSR count). The van der Waals surface area contributed by atoms with Gasteiger partial charge in [-0.25, -0.2) is 4.39 Å². The molecule has 0 aromatic heterocycles. The third-order valence-electron chi connectivity index (χ3n) is 2.59. The molecule has 0 amide bonds. The van der Waals surface area contributed by atoms with Crippen LogP contribution in [-0.4, -0.2) is 18.5 Å². The molecule has 1 atom stereocenters. The number of carbonyl (C=O) groups is 1. The highest BCUT2D eigenvalue weighted by Gasteiger charge is 2.23. The first-order chi connectivity index (χ1) is 8.06. The highest BCUT2D eigenvalue weighted by Crippen LogP contribution is 2.13. The summed E-state index contributed by atoms with van der Waals surface area (Å²) in [6.07, 6.45) is -0.352. The predicted molar refractivity (Wildman–Crippen MR) is 65.4 cm³/mol. The molecule has 0 bridgehead atoms. The van der Waals surface area contributed by atoms with Crippen LogP contribution in [0.4, 0.5) is 4.39 Å². The molecule has 0 heterocycles. The van der Waals surface area contributed by atoms with Crippen LogP contribution in [0.3, 0.4) is 0 Å². The Bertz CT molecular complexity index is 374. The number of ketones is 1. The molecule has 1 unspecified atom stereocenters. The van der Waals surface area contributed by atoms with Crippen LogP contribution in [-0.2, 0) is 16.0 Å². The Morgan fingerprint density at radius 2 is 2.00 bits per heavy atom. The van der Waals surface area contributed by atoms with Crippen LogP contribution in [0.1, 0.15) is 26.3 Å². The minimum absolute atomic E-state index is 0.0630. The third-order valence-corrected chi connectivity index (χ3v) is 2.59. The highest BCUT2D eigenvalue weighted by molar-refractivity contribution is 5.85. The zero-order valence-electron chi connectivity index (χ0n) is 10.6. The molecule has 1 aromatic rings. The average molecular weight is 238 g/mol.